The summed E-state index contributed by atoms with van der Waals surface area (Å²) in [6.45, 7) is 5.50. The van der Waals surface area contributed by atoms with Gasteiger partial charge in [-0.1, -0.05) is 31.0 Å². The van der Waals surface area contributed by atoms with Crippen molar-refractivity contribution in [3.63, 3.8) is 0 Å². The lowest BCUT2D eigenvalue weighted by atomic mass is 10.0. The molecule has 1 unspecified atom stereocenters. The molecule has 5 atom stereocenters. The second-order valence-corrected chi connectivity index (χ2v) is 13.2. The highest BCUT2D eigenvalue weighted by molar-refractivity contribution is 6.01. The maximum Gasteiger partial charge on any atom is 0.534 e. The van der Waals surface area contributed by atoms with E-state index >= 15 is 0 Å². The van der Waals surface area contributed by atoms with Crippen molar-refractivity contribution in [2.75, 3.05) is 38.3 Å². The molecule has 1 aromatic rings. The van der Waals surface area contributed by atoms with Crippen LogP contribution < -0.4 is 21.3 Å². The zero-order chi connectivity index (χ0) is 38.3. The summed E-state index contributed by atoms with van der Waals surface area (Å²) in [4.78, 5) is 89.7. The normalized spacial score (nSPS) is 19.9. The number of imide groups is 1. The first-order chi connectivity index (χ1) is 25.4. The molecule has 1 saturated carbocycles. The summed E-state index contributed by atoms with van der Waals surface area (Å²) in [5.74, 6) is 5.22. The van der Waals surface area contributed by atoms with Crippen molar-refractivity contribution < 1.29 is 57.3 Å². The highest BCUT2D eigenvalue weighted by atomic mass is 16.8. The van der Waals surface area contributed by atoms with E-state index in [0.29, 0.717) is 40.7 Å². The lowest BCUT2D eigenvalue weighted by molar-refractivity contribution is -0.177. The zero-order valence-electron chi connectivity index (χ0n) is 30.1. The summed E-state index contributed by atoms with van der Waals surface area (Å²) >= 11 is 0. The molecular formula is C36H47N5O12. The van der Waals surface area contributed by atoms with E-state index in [4.69, 9.17) is 18.9 Å². The maximum absolute atomic E-state index is 13.0. The van der Waals surface area contributed by atoms with Gasteiger partial charge in [-0.05, 0) is 61.1 Å². The number of fused-ring (bicyclic) bond motifs is 1. The van der Waals surface area contributed by atoms with Crippen molar-refractivity contribution in [3.8, 4) is 11.8 Å². The van der Waals surface area contributed by atoms with Crippen LogP contribution in [-0.4, -0.2) is 92.1 Å². The van der Waals surface area contributed by atoms with Crippen LogP contribution in [0.5, 0.6) is 0 Å². The van der Waals surface area contributed by atoms with Crippen LogP contribution in [0.1, 0.15) is 64.9 Å². The molecule has 1 aromatic carbocycles. The van der Waals surface area contributed by atoms with Gasteiger partial charge in [0.2, 0.25) is 11.8 Å². The molecule has 288 valence electrons. The molecule has 4 N–H and O–H groups in total. The number of carbonyl (C=O) groups is 7. The van der Waals surface area contributed by atoms with Gasteiger partial charge in [0, 0.05) is 37.9 Å². The van der Waals surface area contributed by atoms with Crippen LogP contribution in [0.2, 0.25) is 0 Å². The summed E-state index contributed by atoms with van der Waals surface area (Å²) in [7, 11) is 0. The number of hydrogen-bond donors (Lipinski definition) is 4. The number of rotatable bonds is 17. The monoisotopic (exact) mass is 741 g/mol. The van der Waals surface area contributed by atoms with E-state index in [0.717, 1.165) is 25.7 Å². The fourth-order valence-electron chi connectivity index (χ4n) is 5.93. The lowest BCUT2D eigenvalue weighted by Gasteiger charge is -2.23. The molecule has 0 aromatic heterocycles. The van der Waals surface area contributed by atoms with Crippen LogP contribution in [0.4, 0.5) is 20.1 Å². The Balaban J connectivity index is 1.05. The van der Waals surface area contributed by atoms with Gasteiger partial charge in [0.1, 0.15) is 25.3 Å². The quantitative estimate of drug-likeness (QED) is 0.0596. The molecule has 1 heterocycles. The average molecular weight is 742 g/mol. The second kappa shape index (κ2) is 20.0. The van der Waals surface area contributed by atoms with Crippen LogP contribution >= 0.6 is 0 Å². The molecule has 3 aliphatic rings. The fraction of sp³-hybridized carbons (Fsp3) is 0.583. The van der Waals surface area contributed by atoms with Crippen molar-refractivity contribution in [1.29, 1.82) is 0 Å². The maximum atomic E-state index is 13.0. The van der Waals surface area contributed by atoms with Gasteiger partial charge in [0.25, 0.3) is 11.8 Å². The largest absolute Gasteiger partial charge is 0.534 e. The summed E-state index contributed by atoms with van der Waals surface area (Å²) in [6.07, 6.45) is 1.30. The van der Waals surface area contributed by atoms with E-state index < -0.39 is 54.1 Å². The van der Waals surface area contributed by atoms with E-state index in [9.17, 15) is 33.6 Å². The average Bonchev–Trinajstić information content (AvgIpc) is 3.66. The number of benzene rings is 1. The first kappa shape index (κ1) is 40.4. The molecular weight excluding hydrogens is 694 g/mol. The van der Waals surface area contributed by atoms with Crippen LogP contribution in [0.3, 0.4) is 0 Å². The number of hydrogen-bond acceptors (Lipinski definition) is 12. The summed E-state index contributed by atoms with van der Waals surface area (Å²) < 4.78 is 20.8. The number of nitrogens with zero attached hydrogens (tertiary/aromatic N) is 1. The Labute approximate surface area is 307 Å². The molecule has 17 nitrogen and oxygen atoms in total. The van der Waals surface area contributed by atoms with Gasteiger partial charge in [-0.2, -0.15) is 0 Å². The van der Waals surface area contributed by atoms with Crippen molar-refractivity contribution in [2.24, 2.45) is 23.7 Å². The predicted molar refractivity (Wildman–Crippen MR) is 185 cm³/mol. The molecule has 1 saturated heterocycles. The number of alkyl carbamates (subject to hydrolysis) is 2. The second-order valence-electron chi connectivity index (χ2n) is 13.2. The highest BCUT2D eigenvalue weighted by Crippen LogP contribution is 2.52. The summed E-state index contributed by atoms with van der Waals surface area (Å²) in [5, 5.41) is 10.8. The lowest BCUT2D eigenvalue weighted by Crippen LogP contribution is -2.53. The van der Waals surface area contributed by atoms with E-state index in [1.54, 1.807) is 38.1 Å². The van der Waals surface area contributed by atoms with Gasteiger partial charge < -0.3 is 40.2 Å². The number of amides is 6. The zero-order valence-corrected chi connectivity index (χ0v) is 30.1. The van der Waals surface area contributed by atoms with Gasteiger partial charge in [0.05, 0.1) is 19.8 Å². The number of anilines is 1. The standard InChI is InChI=1S/C36H47N5O12/c1-22(2)31(40-35(47)50-19-18-49-17-16-37-34(46)51-21-28-26-8-6-4-5-7-9-27(26)28)33(45)38-23(3)32(44)39-25-12-10-24(11-13-25)20-52-36(48)53-41-29(42)14-15-30(41)43/h10-13,22-23,26-28,31H,6-9,14-21H2,1-3H3,(H,37,46)(H,38,45)(H,39,44)(H,40,47)/t23-,26-,27+,28?,31-/m0/s1. The minimum absolute atomic E-state index is 0.0386. The Hall–Kier alpha value is -5.37. The van der Waals surface area contributed by atoms with Crippen LogP contribution in [0.15, 0.2) is 24.3 Å². The third kappa shape index (κ3) is 13.0. The Morgan fingerprint density at radius 1 is 0.811 bits per heavy atom. The highest BCUT2D eigenvalue weighted by Gasteiger charge is 2.49. The number of carbonyl (C=O) groups excluding carboxylic acids is 7. The van der Waals surface area contributed by atoms with Crippen LogP contribution in [-0.2, 0) is 49.6 Å². The van der Waals surface area contributed by atoms with E-state index in [1.165, 1.54) is 6.92 Å². The Kier molecular flexibility index (Phi) is 15.3. The molecule has 17 heteroatoms. The molecule has 4 rings (SSSR count). The third-order valence-corrected chi connectivity index (χ3v) is 8.95. The Morgan fingerprint density at radius 3 is 2.11 bits per heavy atom. The van der Waals surface area contributed by atoms with E-state index in [2.05, 4.69) is 37.9 Å². The topological polar surface area (TPSA) is 217 Å². The van der Waals surface area contributed by atoms with E-state index in [-0.39, 0.29) is 51.7 Å². The van der Waals surface area contributed by atoms with Crippen molar-refractivity contribution in [3.05, 3.63) is 29.8 Å². The van der Waals surface area contributed by atoms with Gasteiger partial charge in [-0.25, -0.2) is 14.4 Å². The molecule has 0 spiro atoms. The Bertz CT molecular complexity index is 1520. The summed E-state index contributed by atoms with van der Waals surface area (Å²) in [5.41, 5.74) is 0.922. The van der Waals surface area contributed by atoms with E-state index in [1.807, 2.05) is 0 Å². The van der Waals surface area contributed by atoms with Gasteiger partial charge in [0.15, 0.2) is 0 Å². The number of nitrogens with one attached hydrogen (secondary N) is 4. The molecule has 6 amide bonds. The Morgan fingerprint density at radius 2 is 1.47 bits per heavy atom. The molecule has 53 heavy (non-hydrogen) atoms. The predicted octanol–water partition coefficient (Wildman–Crippen LogP) is 2.78. The van der Waals surface area contributed by atoms with Crippen molar-refractivity contribution >= 4 is 47.7 Å². The van der Waals surface area contributed by atoms with Crippen molar-refractivity contribution in [2.45, 2.75) is 78.0 Å². The first-order valence-corrected chi connectivity index (χ1v) is 17.7. The SMILES string of the molecule is CC(C)[C@H](NC(=O)OCCOCCNC(=O)OCC1[C@H]2CCC#CCC[C@@H]12)C(=O)N[C@@H](C)C(=O)Nc1ccc(COC(=O)ON2C(=O)CCC2=O)cc1. The van der Waals surface area contributed by atoms with Gasteiger partial charge >= 0.3 is 18.3 Å². The smallest absolute Gasteiger partial charge is 0.449 e. The van der Waals surface area contributed by atoms with Gasteiger partial charge in [-0.15, -0.1) is 11.8 Å². The van der Waals surface area contributed by atoms with Crippen LogP contribution in [0, 0.1) is 35.5 Å². The van der Waals surface area contributed by atoms with Gasteiger partial charge in [-0.3, -0.25) is 24.0 Å². The minimum atomic E-state index is -1.21. The molecule has 0 radical (unpaired) electrons. The minimum Gasteiger partial charge on any atom is -0.449 e. The molecule has 2 aliphatic carbocycles. The summed E-state index contributed by atoms with van der Waals surface area (Å²) in [6, 6.07) is 4.26. The molecule has 2 fully saturated rings. The molecule has 0 bridgehead atoms. The number of hydroxylamine groups is 2. The number of ether oxygens (including phenoxy) is 4. The van der Waals surface area contributed by atoms with Crippen LogP contribution in [0.25, 0.3) is 0 Å². The third-order valence-electron chi connectivity index (χ3n) is 8.95. The first-order valence-electron chi connectivity index (χ1n) is 17.7. The fourth-order valence-corrected chi connectivity index (χ4v) is 5.93. The van der Waals surface area contributed by atoms with Crippen molar-refractivity contribution in [1.82, 2.24) is 21.0 Å². The molecule has 1 aliphatic heterocycles.